The maximum absolute atomic E-state index is 13.0. The van der Waals surface area contributed by atoms with Crippen LogP contribution < -0.4 is 5.32 Å². The van der Waals surface area contributed by atoms with Gasteiger partial charge in [0.1, 0.15) is 5.82 Å². The van der Waals surface area contributed by atoms with E-state index in [0.717, 1.165) is 11.9 Å². The van der Waals surface area contributed by atoms with E-state index in [2.05, 4.69) is 20.4 Å². The lowest BCUT2D eigenvalue weighted by molar-refractivity contribution is -0.118. The van der Waals surface area contributed by atoms with Crippen molar-refractivity contribution < 1.29 is 9.18 Å². The first-order valence-corrected chi connectivity index (χ1v) is 7.57. The lowest BCUT2D eigenvalue weighted by Crippen LogP contribution is -2.29. The molecular formula is C17H14FN5O. The Morgan fingerprint density at radius 2 is 1.96 bits per heavy atom. The van der Waals surface area contributed by atoms with Gasteiger partial charge in [0.25, 0.3) is 0 Å². The number of carbonyl (C=O) groups excluding carboxylic acids is 1. The molecule has 4 rings (SSSR count). The summed E-state index contributed by atoms with van der Waals surface area (Å²) in [5, 5.41) is 7.17. The van der Waals surface area contributed by atoms with E-state index in [4.69, 9.17) is 0 Å². The summed E-state index contributed by atoms with van der Waals surface area (Å²) in [4.78, 5) is 20.6. The van der Waals surface area contributed by atoms with Crippen molar-refractivity contribution in [2.24, 2.45) is 0 Å². The van der Waals surface area contributed by atoms with Crippen molar-refractivity contribution in [3.63, 3.8) is 0 Å². The third-order valence-corrected chi connectivity index (χ3v) is 4.16. The highest BCUT2D eigenvalue weighted by molar-refractivity contribution is 6.00. The highest BCUT2D eigenvalue weighted by atomic mass is 19.1. The molecule has 6 nitrogen and oxygen atoms in total. The fourth-order valence-electron chi connectivity index (χ4n) is 2.65. The Hall–Kier alpha value is -3.09. The first-order valence-electron chi connectivity index (χ1n) is 7.57. The summed E-state index contributed by atoms with van der Waals surface area (Å²) >= 11 is 0. The summed E-state index contributed by atoms with van der Waals surface area (Å²) in [6.45, 7) is 0. The fraction of sp³-hybridized carbons (Fsp3) is 0.176. The molecule has 3 aromatic heterocycles. The van der Waals surface area contributed by atoms with Crippen LogP contribution in [-0.4, -0.2) is 25.7 Å². The van der Waals surface area contributed by atoms with Crippen molar-refractivity contribution in [3.05, 3.63) is 66.6 Å². The summed E-state index contributed by atoms with van der Waals surface area (Å²) in [5.74, 6) is -0.113. The molecule has 0 unspecified atom stereocenters. The number of hydrogen-bond acceptors (Lipinski definition) is 4. The predicted octanol–water partition coefficient (Wildman–Crippen LogP) is 2.47. The minimum absolute atomic E-state index is 0.165. The smallest absolute Gasteiger partial charge is 0.237 e. The molecule has 3 aromatic rings. The largest absolute Gasteiger partial charge is 0.308 e. The Morgan fingerprint density at radius 1 is 1.17 bits per heavy atom. The van der Waals surface area contributed by atoms with Gasteiger partial charge in [-0.2, -0.15) is 5.10 Å². The molecule has 120 valence electrons. The number of hydrogen-bond donors (Lipinski definition) is 1. The monoisotopic (exact) mass is 323 g/mol. The van der Waals surface area contributed by atoms with E-state index >= 15 is 0 Å². The van der Waals surface area contributed by atoms with Crippen LogP contribution in [0.2, 0.25) is 0 Å². The number of halogens is 1. The fourth-order valence-corrected chi connectivity index (χ4v) is 2.65. The molecule has 0 radical (unpaired) electrons. The maximum Gasteiger partial charge on any atom is 0.237 e. The summed E-state index contributed by atoms with van der Waals surface area (Å²) < 4.78 is 14.7. The molecule has 1 amide bonds. The lowest BCUT2D eigenvalue weighted by Gasteiger charge is -2.13. The Balaban J connectivity index is 1.53. The zero-order valence-electron chi connectivity index (χ0n) is 12.7. The normalized spacial score (nSPS) is 15.0. The molecule has 1 aliphatic rings. The molecule has 0 aromatic carbocycles. The van der Waals surface area contributed by atoms with Crippen LogP contribution in [0.5, 0.6) is 0 Å². The Kier molecular flexibility index (Phi) is 3.34. The van der Waals surface area contributed by atoms with Crippen molar-refractivity contribution in [3.8, 4) is 5.69 Å². The molecule has 0 bridgehead atoms. The number of amides is 1. The molecule has 1 fully saturated rings. The Morgan fingerprint density at radius 3 is 2.62 bits per heavy atom. The summed E-state index contributed by atoms with van der Waals surface area (Å²) in [7, 11) is 0. The summed E-state index contributed by atoms with van der Waals surface area (Å²) in [6.07, 6.45) is 7.65. The van der Waals surface area contributed by atoms with Gasteiger partial charge in [-0.3, -0.25) is 14.8 Å². The maximum atomic E-state index is 13.0. The third kappa shape index (κ3) is 2.54. The molecule has 3 heterocycles. The second kappa shape index (κ2) is 5.52. The van der Waals surface area contributed by atoms with Crippen molar-refractivity contribution >= 4 is 11.7 Å². The van der Waals surface area contributed by atoms with Crippen LogP contribution in [0, 0.1) is 5.82 Å². The number of anilines is 1. The van der Waals surface area contributed by atoms with Gasteiger partial charge >= 0.3 is 0 Å². The minimum Gasteiger partial charge on any atom is -0.308 e. The first-order chi connectivity index (χ1) is 11.7. The molecule has 1 N–H and O–H groups in total. The predicted molar refractivity (Wildman–Crippen MR) is 85.1 cm³/mol. The lowest BCUT2D eigenvalue weighted by atomic mass is 10.0. The van der Waals surface area contributed by atoms with Crippen molar-refractivity contribution in [1.82, 2.24) is 19.7 Å². The van der Waals surface area contributed by atoms with Crippen molar-refractivity contribution in [1.29, 1.82) is 0 Å². The van der Waals surface area contributed by atoms with E-state index in [1.807, 2.05) is 12.1 Å². The Bertz CT molecular complexity index is 872. The van der Waals surface area contributed by atoms with Crippen LogP contribution in [0.15, 0.2) is 55.1 Å². The molecule has 24 heavy (non-hydrogen) atoms. The number of aromatic nitrogens is 4. The zero-order valence-corrected chi connectivity index (χ0v) is 12.7. The van der Waals surface area contributed by atoms with Crippen molar-refractivity contribution in [2.75, 3.05) is 5.32 Å². The third-order valence-electron chi connectivity index (χ3n) is 4.16. The number of pyridine rings is 2. The van der Waals surface area contributed by atoms with Gasteiger partial charge in [-0.15, -0.1) is 0 Å². The molecule has 1 aliphatic carbocycles. The summed E-state index contributed by atoms with van der Waals surface area (Å²) in [6, 6.07) is 8.27. The topological polar surface area (TPSA) is 72.7 Å². The highest BCUT2D eigenvalue weighted by Gasteiger charge is 2.52. The quantitative estimate of drug-likeness (QED) is 0.800. The van der Waals surface area contributed by atoms with Gasteiger partial charge in [-0.1, -0.05) is 0 Å². The number of nitrogens with zero attached hydrogens (tertiary/aromatic N) is 4. The van der Waals surface area contributed by atoms with Crippen LogP contribution >= 0.6 is 0 Å². The first kappa shape index (κ1) is 14.5. The summed E-state index contributed by atoms with van der Waals surface area (Å²) in [5.41, 5.74) is 0.774. The molecule has 0 aliphatic heterocycles. The van der Waals surface area contributed by atoms with E-state index in [1.54, 1.807) is 35.4 Å². The zero-order chi connectivity index (χ0) is 16.6. The van der Waals surface area contributed by atoms with Crippen molar-refractivity contribution in [2.45, 2.75) is 18.3 Å². The van der Waals surface area contributed by atoms with Gasteiger partial charge in [0.05, 0.1) is 23.0 Å². The highest BCUT2D eigenvalue weighted by Crippen LogP contribution is 2.48. The number of carbonyl (C=O) groups is 1. The average Bonchev–Trinajstić information content (AvgIpc) is 3.30. The van der Waals surface area contributed by atoms with Gasteiger partial charge in [-0.25, -0.2) is 9.07 Å². The van der Waals surface area contributed by atoms with E-state index < -0.39 is 11.2 Å². The van der Waals surface area contributed by atoms with Gasteiger partial charge < -0.3 is 5.32 Å². The Labute approximate surface area is 137 Å². The SMILES string of the molecule is O=C(Nc1ccn(-c2ccncc2)n1)C1(c2ccc(F)cn2)CC1. The van der Waals surface area contributed by atoms with Crippen LogP contribution in [0.1, 0.15) is 18.5 Å². The standard InChI is InChI=1S/C17H14FN5O/c18-12-1-2-14(20-11-12)17(6-7-17)16(24)21-15-5-10-23(22-15)13-3-8-19-9-4-13/h1-5,8-11H,6-7H2,(H,21,22,24). The number of rotatable bonds is 4. The van der Waals surface area contributed by atoms with E-state index in [9.17, 15) is 9.18 Å². The van der Waals surface area contributed by atoms with Gasteiger partial charge in [0.2, 0.25) is 5.91 Å². The van der Waals surface area contributed by atoms with E-state index in [0.29, 0.717) is 24.4 Å². The second-order valence-corrected chi connectivity index (χ2v) is 5.75. The van der Waals surface area contributed by atoms with E-state index in [1.165, 1.54) is 6.07 Å². The van der Waals surface area contributed by atoms with Crippen LogP contribution in [-0.2, 0) is 10.2 Å². The molecular weight excluding hydrogens is 309 g/mol. The number of nitrogens with one attached hydrogen (secondary N) is 1. The molecule has 0 saturated heterocycles. The molecule has 7 heteroatoms. The van der Waals surface area contributed by atoms with Gasteiger partial charge in [0.15, 0.2) is 5.82 Å². The van der Waals surface area contributed by atoms with Crippen LogP contribution in [0.3, 0.4) is 0 Å². The van der Waals surface area contributed by atoms with Crippen LogP contribution in [0.4, 0.5) is 10.2 Å². The van der Waals surface area contributed by atoms with Gasteiger partial charge in [0, 0.05) is 24.7 Å². The minimum atomic E-state index is -0.672. The average molecular weight is 323 g/mol. The molecule has 0 atom stereocenters. The second-order valence-electron chi connectivity index (χ2n) is 5.75. The van der Waals surface area contributed by atoms with Crippen LogP contribution in [0.25, 0.3) is 5.69 Å². The molecule has 0 spiro atoms. The van der Waals surface area contributed by atoms with Gasteiger partial charge in [-0.05, 0) is 37.1 Å². The molecule has 1 saturated carbocycles. The van der Waals surface area contributed by atoms with E-state index in [-0.39, 0.29) is 5.91 Å².